The van der Waals surface area contributed by atoms with Gasteiger partial charge in [-0.05, 0) is 12.8 Å². The molecule has 11 heteroatoms. The molecule has 3 heterocycles. The van der Waals surface area contributed by atoms with E-state index in [9.17, 15) is 13.2 Å². The van der Waals surface area contributed by atoms with E-state index in [4.69, 9.17) is 22.1 Å². The topological polar surface area (TPSA) is 90.9 Å². The second-order valence-corrected chi connectivity index (χ2v) is 6.29. The monoisotopic (exact) mass is 390 g/mol. The lowest BCUT2D eigenvalue weighted by Crippen LogP contribution is -2.20. The fourth-order valence-corrected chi connectivity index (χ4v) is 3.31. The van der Waals surface area contributed by atoms with Crippen molar-refractivity contribution in [2.75, 3.05) is 31.3 Å². The molecule has 0 saturated carbocycles. The van der Waals surface area contributed by atoms with E-state index in [-0.39, 0.29) is 34.2 Å². The van der Waals surface area contributed by atoms with Crippen molar-refractivity contribution >= 4 is 23.4 Å². The highest BCUT2D eigenvalue weighted by molar-refractivity contribution is 6.32. The lowest BCUT2D eigenvalue weighted by molar-refractivity contribution is -0.127. The summed E-state index contributed by atoms with van der Waals surface area (Å²) in [5, 5.41) is 7.13. The van der Waals surface area contributed by atoms with Crippen LogP contribution in [0.25, 0.3) is 11.3 Å². The number of nitrogens with one attached hydrogen (secondary N) is 1. The Balaban J connectivity index is 2.08. The molecule has 3 N–H and O–H groups in total. The van der Waals surface area contributed by atoms with Crippen molar-refractivity contribution in [1.29, 1.82) is 0 Å². The van der Waals surface area contributed by atoms with E-state index in [1.165, 1.54) is 13.2 Å². The number of aromatic nitrogens is 4. The van der Waals surface area contributed by atoms with Crippen LogP contribution in [0.4, 0.5) is 24.9 Å². The smallest absolute Gasteiger partial charge is 0.381 e. The van der Waals surface area contributed by atoms with Gasteiger partial charge in [-0.15, -0.1) is 0 Å². The first kappa shape index (κ1) is 18.7. The summed E-state index contributed by atoms with van der Waals surface area (Å²) in [6, 6.07) is 0.0269. The van der Waals surface area contributed by atoms with Crippen LogP contribution in [0, 0.1) is 0 Å². The van der Waals surface area contributed by atoms with Gasteiger partial charge in [0.15, 0.2) is 0 Å². The largest absolute Gasteiger partial charge is 0.393 e. The molecule has 0 atom stereocenters. The van der Waals surface area contributed by atoms with Crippen molar-refractivity contribution in [3.8, 4) is 11.3 Å². The third-order valence-electron chi connectivity index (χ3n) is 4.16. The fraction of sp³-hybridized carbons (Fsp3) is 0.533. The number of nitrogen functional groups attached to an aromatic ring is 1. The van der Waals surface area contributed by atoms with E-state index in [0.717, 1.165) is 12.8 Å². The zero-order chi connectivity index (χ0) is 18.9. The number of nitrogens with two attached hydrogens (primary N) is 1. The summed E-state index contributed by atoms with van der Waals surface area (Å²) in [7, 11) is 1.47. The SMILES string of the molecule is CNc1nc(N)nc(-c2cnn(C3CCOCC3)c2Cl)c1CC(F)(F)F. The van der Waals surface area contributed by atoms with Crippen LogP contribution in [0.3, 0.4) is 0 Å². The van der Waals surface area contributed by atoms with Gasteiger partial charge >= 0.3 is 6.18 Å². The average Bonchev–Trinajstić information content (AvgIpc) is 2.97. The lowest BCUT2D eigenvalue weighted by Gasteiger charge is -2.23. The standard InChI is InChI=1S/C15H18ClF3N6O/c1-21-13-9(6-15(17,18)19)11(23-14(20)24-13)10-7-22-25(12(10)16)8-2-4-26-5-3-8/h7-8H,2-6H2,1H3,(H3,20,21,23,24). The number of ether oxygens (including phenoxy) is 1. The maximum Gasteiger partial charge on any atom is 0.393 e. The molecule has 1 aliphatic rings. The molecule has 7 nitrogen and oxygen atoms in total. The van der Waals surface area contributed by atoms with E-state index in [1.807, 2.05) is 0 Å². The van der Waals surface area contributed by atoms with Crippen LogP contribution >= 0.6 is 11.6 Å². The molecular weight excluding hydrogens is 373 g/mol. The van der Waals surface area contributed by atoms with E-state index >= 15 is 0 Å². The first-order chi connectivity index (χ1) is 12.3. The Labute approximate surface area is 152 Å². The van der Waals surface area contributed by atoms with Gasteiger partial charge in [0.25, 0.3) is 0 Å². The Morgan fingerprint density at radius 3 is 2.65 bits per heavy atom. The lowest BCUT2D eigenvalue weighted by atomic mass is 10.1. The molecule has 0 aliphatic carbocycles. The molecule has 0 aromatic carbocycles. The number of hydrogen-bond donors (Lipinski definition) is 2. The number of hydrogen-bond acceptors (Lipinski definition) is 6. The average molecular weight is 391 g/mol. The number of alkyl halides is 3. The molecule has 0 spiro atoms. The van der Waals surface area contributed by atoms with Gasteiger partial charge in [0.05, 0.1) is 29.9 Å². The zero-order valence-electron chi connectivity index (χ0n) is 14.0. The molecule has 0 bridgehead atoms. The molecule has 2 aromatic heterocycles. The predicted molar refractivity (Wildman–Crippen MR) is 91.1 cm³/mol. The van der Waals surface area contributed by atoms with Crippen molar-refractivity contribution < 1.29 is 17.9 Å². The first-order valence-corrected chi connectivity index (χ1v) is 8.40. The van der Waals surface area contributed by atoms with E-state index in [1.54, 1.807) is 4.68 Å². The van der Waals surface area contributed by atoms with Gasteiger partial charge in [-0.1, -0.05) is 11.6 Å². The van der Waals surface area contributed by atoms with Gasteiger partial charge in [0, 0.05) is 25.8 Å². The molecule has 3 rings (SSSR count). The van der Waals surface area contributed by atoms with E-state index in [0.29, 0.717) is 18.8 Å². The molecule has 0 amide bonds. The van der Waals surface area contributed by atoms with Crippen molar-refractivity contribution in [1.82, 2.24) is 19.7 Å². The Bertz CT molecular complexity index is 788. The molecule has 2 aromatic rings. The summed E-state index contributed by atoms with van der Waals surface area (Å²) in [6.07, 6.45) is -2.78. The van der Waals surface area contributed by atoms with Crippen LogP contribution in [0.5, 0.6) is 0 Å². The van der Waals surface area contributed by atoms with Crippen molar-refractivity contribution in [3.63, 3.8) is 0 Å². The second-order valence-electron chi connectivity index (χ2n) is 5.94. The molecule has 1 aliphatic heterocycles. The van der Waals surface area contributed by atoms with Crippen LogP contribution in [0.2, 0.25) is 5.15 Å². The quantitative estimate of drug-likeness (QED) is 0.833. The van der Waals surface area contributed by atoms with Crippen molar-refractivity contribution in [2.45, 2.75) is 31.5 Å². The van der Waals surface area contributed by atoms with Crippen LogP contribution in [-0.2, 0) is 11.2 Å². The van der Waals surface area contributed by atoms with Gasteiger partial charge in [-0.25, -0.2) is 4.98 Å². The van der Waals surface area contributed by atoms with E-state index in [2.05, 4.69) is 20.4 Å². The minimum atomic E-state index is -4.44. The summed E-state index contributed by atoms with van der Waals surface area (Å²) >= 11 is 6.44. The highest BCUT2D eigenvalue weighted by Crippen LogP contribution is 2.37. The van der Waals surface area contributed by atoms with Crippen molar-refractivity contribution in [2.24, 2.45) is 0 Å². The zero-order valence-corrected chi connectivity index (χ0v) is 14.7. The summed E-state index contributed by atoms with van der Waals surface area (Å²) in [5.41, 5.74) is 5.88. The normalized spacial score (nSPS) is 16.0. The van der Waals surface area contributed by atoms with Crippen LogP contribution in [0.15, 0.2) is 6.20 Å². The molecule has 26 heavy (non-hydrogen) atoms. The molecule has 1 saturated heterocycles. The number of nitrogens with zero attached hydrogens (tertiary/aromatic N) is 4. The molecule has 1 fully saturated rings. The summed E-state index contributed by atoms with van der Waals surface area (Å²) in [5.74, 6) is -0.134. The molecule has 0 unspecified atom stereocenters. The van der Waals surface area contributed by atoms with Gasteiger partial charge in [-0.3, -0.25) is 4.68 Å². The first-order valence-electron chi connectivity index (χ1n) is 8.02. The summed E-state index contributed by atoms with van der Waals surface area (Å²) in [4.78, 5) is 7.88. The summed E-state index contributed by atoms with van der Waals surface area (Å²) < 4.78 is 46.1. The highest BCUT2D eigenvalue weighted by atomic mass is 35.5. The molecular formula is C15H18ClF3N6O. The number of anilines is 2. The maximum absolute atomic E-state index is 13.1. The third-order valence-corrected chi connectivity index (χ3v) is 4.54. The van der Waals surface area contributed by atoms with Crippen LogP contribution in [0.1, 0.15) is 24.4 Å². The predicted octanol–water partition coefficient (Wildman–Crippen LogP) is 3.07. The Hall–Kier alpha value is -2.07. The van der Waals surface area contributed by atoms with Gasteiger partial charge in [0.1, 0.15) is 11.0 Å². The van der Waals surface area contributed by atoms with Crippen molar-refractivity contribution in [3.05, 3.63) is 16.9 Å². The second kappa shape index (κ2) is 7.28. The van der Waals surface area contributed by atoms with Gasteiger partial charge in [-0.2, -0.15) is 23.3 Å². The van der Waals surface area contributed by atoms with Crippen LogP contribution in [-0.4, -0.2) is 46.2 Å². The highest BCUT2D eigenvalue weighted by Gasteiger charge is 2.33. The van der Waals surface area contributed by atoms with Gasteiger partial charge in [0.2, 0.25) is 5.95 Å². The Kier molecular flexibility index (Phi) is 5.24. The Morgan fingerprint density at radius 2 is 2.04 bits per heavy atom. The van der Waals surface area contributed by atoms with Crippen LogP contribution < -0.4 is 11.1 Å². The molecule has 142 valence electrons. The summed E-state index contributed by atoms with van der Waals surface area (Å²) in [6.45, 7) is 1.17. The molecule has 0 radical (unpaired) electrons. The fourth-order valence-electron chi connectivity index (χ4n) is 2.99. The minimum absolute atomic E-state index is 0.0136. The van der Waals surface area contributed by atoms with Gasteiger partial charge < -0.3 is 15.8 Å². The minimum Gasteiger partial charge on any atom is -0.381 e. The maximum atomic E-state index is 13.1. The number of rotatable bonds is 4. The Morgan fingerprint density at radius 1 is 1.35 bits per heavy atom. The third kappa shape index (κ3) is 3.85. The van der Waals surface area contributed by atoms with E-state index < -0.39 is 12.6 Å². The number of halogens is 4.